The molecule has 0 radical (unpaired) electrons. The molecule has 0 N–H and O–H groups in total. The predicted octanol–water partition coefficient (Wildman–Crippen LogP) is 2.64. The summed E-state index contributed by atoms with van der Waals surface area (Å²) in [5.74, 6) is 0.0848. The Morgan fingerprint density at radius 2 is 1.70 bits per heavy atom. The summed E-state index contributed by atoms with van der Waals surface area (Å²) in [5.41, 5.74) is 1.08. The first-order chi connectivity index (χ1) is 9.40. The molecule has 4 nitrogen and oxygen atoms in total. The molecular weight excluding hydrogens is 279 g/mol. The van der Waals surface area contributed by atoms with Gasteiger partial charge in [-0.25, -0.2) is 4.39 Å². The van der Waals surface area contributed by atoms with Gasteiger partial charge in [0.25, 0.3) is 10.0 Å². The topological polar surface area (TPSA) is 49.7 Å². The zero-order valence-corrected chi connectivity index (χ0v) is 12.5. The molecule has 20 heavy (non-hydrogen) atoms. The van der Waals surface area contributed by atoms with Crippen molar-refractivity contribution in [3.05, 3.63) is 41.2 Å². The Morgan fingerprint density at radius 1 is 1.15 bits per heavy atom. The van der Waals surface area contributed by atoms with Gasteiger partial charge < -0.3 is 4.90 Å². The molecule has 1 aliphatic rings. The molecule has 0 fully saturated rings. The number of nitrogens with zero attached hydrogens (tertiary/aromatic N) is 2. The van der Waals surface area contributed by atoms with Crippen molar-refractivity contribution in [2.75, 3.05) is 13.1 Å². The van der Waals surface area contributed by atoms with Gasteiger partial charge in [0.05, 0.1) is 0 Å². The van der Waals surface area contributed by atoms with Crippen LogP contribution in [0.2, 0.25) is 0 Å². The molecule has 1 aromatic carbocycles. The van der Waals surface area contributed by atoms with Crippen LogP contribution < -0.4 is 0 Å². The fourth-order valence-electron chi connectivity index (χ4n) is 2.31. The Bertz CT molecular complexity index is 672. The highest BCUT2D eigenvalue weighted by atomic mass is 32.2. The first-order valence-electron chi connectivity index (χ1n) is 6.47. The molecule has 0 atom stereocenters. The molecule has 0 spiro atoms. The van der Waals surface area contributed by atoms with Crippen LogP contribution in [0.3, 0.4) is 0 Å². The number of benzene rings is 1. The normalized spacial score (nSPS) is 17.3. The van der Waals surface area contributed by atoms with E-state index in [1.807, 2.05) is 18.7 Å². The molecule has 0 unspecified atom stereocenters. The number of amidine groups is 1. The predicted molar refractivity (Wildman–Crippen MR) is 78.3 cm³/mol. The molecule has 2 rings (SSSR count). The second-order valence-corrected chi connectivity index (χ2v) is 6.06. The summed E-state index contributed by atoms with van der Waals surface area (Å²) in [6.45, 7) is 6.99. The van der Waals surface area contributed by atoms with Crippen molar-refractivity contribution in [1.29, 1.82) is 0 Å². The average Bonchev–Trinajstić information content (AvgIpc) is 2.63. The second kappa shape index (κ2) is 5.36. The van der Waals surface area contributed by atoms with Gasteiger partial charge in [-0.1, -0.05) is 12.1 Å². The van der Waals surface area contributed by atoms with Crippen LogP contribution in [0.15, 0.2) is 34.2 Å². The molecule has 0 amide bonds. The van der Waals surface area contributed by atoms with E-state index in [9.17, 15) is 12.8 Å². The molecule has 1 aliphatic heterocycles. The van der Waals surface area contributed by atoms with E-state index in [1.54, 1.807) is 6.92 Å². The summed E-state index contributed by atoms with van der Waals surface area (Å²) >= 11 is 0. The Labute approximate surface area is 118 Å². The third-order valence-electron chi connectivity index (χ3n) is 3.31. The molecule has 6 heteroatoms. The van der Waals surface area contributed by atoms with E-state index in [0.717, 1.165) is 0 Å². The van der Waals surface area contributed by atoms with Gasteiger partial charge in [0.2, 0.25) is 0 Å². The molecule has 0 saturated carbocycles. The van der Waals surface area contributed by atoms with Crippen LogP contribution in [-0.4, -0.2) is 32.2 Å². The van der Waals surface area contributed by atoms with Crippen molar-refractivity contribution in [2.24, 2.45) is 4.40 Å². The molecule has 0 aromatic heterocycles. The van der Waals surface area contributed by atoms with Crippen molar-refractivity contribution in [1.82, 2.24) is 4.90 Å². The molecule has 1 aromatic rings. The zero-order chi connectivity index (χ0) is 14.9. The lowest BCUT2D eigenvalue weighted by Crippen LogP contribution is -2.30. The summed E-state index contributed by atoms with van der Waals surface area (Å²) in [6, 6.07) is 5.43. The van der Waals surface area contributed by atoms with Gasteiger partial charge in [-0.05, 0) is 38.5 Å². The van der Waals surface area contributed by atoms with E-state index in [1.165, 1.54) is 24.3 Å². The summed E-state index contributed by atoms with van der Waals surface area (Å²) in [5, 5.41) is 0. The highest BCUT2D eigenvalue weighted by Crippen LogP contribution is 2.33. The van der Waals surface area contributed by atoms with Crippen molar-refractivity contribution in [3.8, 4) is 0 Å². The lowest BCUT2D eigenvalue weighted by Gasteiger charge is -2.20. The molecule has 1 heterocycles. The van der Waals surface area contributed by atoms with Gasteiger partial charge in [-0.2, -0.15) is 8.42 Å². The largest absolute Gasteiger partial charge is 0.356 e. The van der Waals surface area contributed by atoms with Crippen LogP contribution in [0.5, 0.6) is 0 Å². The second-order valence-electron chi connectivity index (χ2n) is 4.52. The SMILES string of the molecule is CCN(CC)C1=NS(=O)(=O)C(c2ccc(F)cc2)=C1C. The first-order valence-corrected chi connectivity index (χ1v) is 7.91. The maximum absolute atomic E-state index is 13.0. The molecule has 108 valence electrons. The Hall–Kier alpha value is -1.69. The summed E-state index contributed by atoms with van der Waals surface area (Å²) in [7, 11) is -3.71. The van der Waals surface area contributed by atoms with E-state index >= 15 is 0 Å². The van der Waals surface area contributed by atoms with Crippen molar-refractivity contribution < 1.29 is 12.8 Å². The van der Waals surface area contributed by atoms with Crippen LogP contribution in [0.1, 0.15) is 26.3 Å². The van der Waals surface area contributed by atoms with Gasteiger partial charge in [0.15, 0.2) is 0 Å². The third kappa shape index (κ3) is 2.47. The monoisotopic (exact) mass is 296 g/mol. The summed E-state index contributed by atoms with van der Waals surface area (Å²) in [4.78, 5) is 2.06. The van der Waals surface area contributed by atoms with E-state index in [0.29, 0.717) is 30.1 Å². The average molecular weight is 296 g/mol. The maximum atomic E-state index is 13.0. The summed E-state index contributed by atoms with van der Waals surface area (Å²) < 4.78 is 41.3. The fraction of sp³-hybridized carbons (Fsp3) is 0.357. The number of hydrogen-bond donors (Lipinski definition) is 0. The Kier molecular flexibility index (Phi) is 3.94. The Balaban J connectivity index is 2.56. The van der Waals surface area contributed by atoms with E-state index < -0.39 is 15.8 Å². The van der Waals surface area contributed by atoms with Crippen LogP contribution in [-0.2, 0) is 10.0 Å². The van der Waals surface area contributed by atoms with Gasteiger partial charge >= 0.3 is 0 Å². The first kappa shape index (κ1) is 14.7. The van der Waals surface area contributed by atoms with E-state index in [2.05, 4.69) is 4.40 Å². The van der Waals surface area contributed by atoms with E-state index in [4.69, 9.17) is 0 Å². The minimum Gasteiger partial charge on any atom is -0.356 e. The van der Waals surface area contributed by atoms with Gasteiger partial charge in [-0.15, -0.1) is 4.40 Å². The van der Waals surface area contributed by atoms with Crippen LogP contribution >= 0.6 is 0 Å². The lowest BCUT2D eigenvalue weighted by molar-refractivity contribution is 0.467. The number of sulfonamides is 1. The smallest absolute Gasteiger partial charge is 0.285 e. The Morgan fingerprint density at radius 3 is 2.20 bits per heavy atom. The maximum Gasteiger partial charge on any atom is 0.285 e. The standard InChI is InChI=1S/C14H17FN2O2S/c1-4-17(5-2)14-10(3)13(20(18,19)16-14)11-6-8-12(15)9-7-11/h6-9H,4-5H2,1-3H3. The number of hydrogen-bond acceptors (Lipinski definition) is 3. The van der Waals surface area contributed by atoms with Gasteiger partial charge in [0.1, 0.15) is 16.6 Å². The van der Waals surface area contributed by atoms with Crippen LogP contribution in [0.25, 0.3) is 4.91 Å². The third-order valence-corrected chi connectivity index (χ3v) is 4.78. The summed E-state index contributed by atoms with van der Waals surface area (Å²) in [6.07, 6.45) is 0. The number of rotatable bonds is 3. The molecular formula is C14H17FN2O2S. The molecule has 0 aliphatic carbocycles. The number of likely N-dealkylation sites (N-methyl/N-ethyl adjacent to an activating group) is 1. The van der Waals surface area contributed by atoms with Gasteiger partial charge in [0, 0.05) is 18.7 Å². The zero-order valence-electron chi connectivity index (χ0n) is 11.7. The minimum absolute atomic E-state index is 0.166. The van der Waals surface area contributed by atoms with Crippen LogP contribution in [0, 0.1) is 5.82 Å². The van der Waals surface area contributed by atoms with Crippen molar-refractivity contribution >= 4 is 20.8 Å². The highest BCUT2D eigenvalue weighted by molar-refractivity contribution is 8.00. The minimum atomic E-state index is -3.71. The number of halogens is 1. The van der Waals surface area contributed by atoms with Crippen LogP contribution in [0.4, 0.5) is 4.39 Å². The van der Waals surface area contributed by atoms with Crippen molar-refractivity contribution in [3.63, 3.8) is 0 Å². The quantitative estimate of drug-likeness (QED) is 0.861. The molecule has 0 bridgehead atoms. The van der Waals surface area contributed by atoms with Gasteiger partial charge in [-0.3, -0.25) is 0 Å². The highest BCUT2D eigenvalue weighted by Gasteiger charge is 2.32. The molecule has 0 saturated heterocycles. The van der Waals surface area contributed by atoms with Crippen molar-refractivity contribution in [2.45, 2.75) is 20.8 Å². The fourth-order valence-corrected chi connectivity index (χ4v) is 3.79. The van der Waals surface area contributed by atoms with E-state index in [-0.39, 0.29) is 4.91 Å². The lowest BCUT2D eigenvalue weighted by atomic mass is 10.1.